The van der Waals surface area contributed by atoms with Gasteiger partial charge in [-0.1, -0.05) is 53.2 Å². The summed E-state index contributed by atoms with van der Waals surface area (Å²) in [6.07, 6.45) is 0. The highest BCUT2D eigenvalue weighted by molar-refractivity contribution is 8.00. The maximum absolute atomic E-state index is 13.0. The van der Waals surface area contributed by atoms with E-state index in [4.69, 9.17) is 11.6 Å². The predicted octanol–water partition coefficient (Wildman–Crippen LogP) is 5.37. The van der Waals surface area contributed by atoms with Crippen molar-refractivity contribution in [3.8, 4) is 17.1 Å². The van der Waals surface area contributed by atoms with Crippen LogP contribution in [0.5, 0.6) is 0 Å². The number of hydrogen-bond acceptors (Lipinski definition) is 5. The maximum Gasteiger partial charge on any atom is 0.237 e. The molecular weight excluding hydrogens is 456 g/mol. The first-order valence-corrected chi connectivity index (χ1v) is 11.8. The molecule has 0 aliphatic carbocycles. The van der Waals surface area contributed by atoms with E-state index in [0.29, 0.717) is 16.0 Å². The lowest BCUT2D eigenvalue weighted by Gasteiger charge is -2.14. The minimum Gasteiger partial charge on any atom is -0.322 e. The van der Waals surface area contributed by atoms with E-state index in [0.717, 1.165) is 33.9 Å². The van der Waals surface area contributed by atoms with Crippen LogP contribution in [-0.2, 0) is 11.8 Å². The summed E-state index contributed by atoms with van der Waals surface area (Å²) in [5.74, 6) is 0.577. The Labute approximate surface area is 202 Å². The third-order valence-corrected chi connectivity index (χ3v) is 6.73. The van der Waals surface area contributed by atoms with Crippen molar-refractivity contribution in [1.29, 1.82) is 0 Å². The molecule has 1 N–H and O–H groups in total. The maximum atomic E-state index is 13.0. The lowest BCUT2D eigenvalue weighted by Crippen LogP contribution is -2.23. The van der Waals surface area contributed by atoms with Gasteiger partial charge in [-0.25, -0.2) is 0 Å². The van der Waals surface area contributed by atoms with Crippen LogP contribution in [0.2, 0.25) is 5.02 Å². The number of halogens is 1. The van der Waals surface area contributed by atoms with Gasteiger partial charge in [-0.05, 0) is 52.0 Å². The largest absolute Gasteiger partial charge is 0.322 e. The first-order valence-electron chi connectivity index (χ1n) is 10.5. The summed E-state index contributed by atoms with van der Waals surface area (Å²) in [7, 11) is 1.86. The molecule has 0 aliphatic heterocycles. The molecule has 0 bridgehead atoms. The number of rotatable bonds is 6. The van der Waals surface area contributed by atoms with Crippen LogP contribution in [0.1, 0.15) is 23.9 Å². The molecule has 0 spiro atoms. The summed E-state index contributed by atoms with van der Waals surface area (Å²) in [5, 5.41) is 17.1. The van der Waals surface area contributed by atoms with Gasteiger partial charge in [0.1, 0.15) is 0 Å². The molecule has 1 atom stereocenters. The molecule has 0 saturated heterocycles. The number of benzene rings is 2. The molecule has 33 heavy (non-hydrogen) atoms. The Hall–Kier alpha value is -3.10. The summed E-state index contributed by atoms with van der Waals surface area (Å²) in [5.41, 5.74) is 5.41. The summed E-state index contributed by atoms with van der Waals surface area (Å²) < 4.78 is 3.71. The molecule has 9 heteroatoms. The molecule has 1 unspecified atom stereocenters. The van der Waals surface area contributed by atoms with Crippen molar-refractivity contribution in [2.75, 3.05) is 5.32 Å². The standard InChI is InChI=1S/C24H25ClN6OS/c1-14-6-8-18(9-7-14)22-27-28-24(31(22)20-12-10-19(25)11-13-20)33-17(4)23(32)26-21-15(2)29-30(5)16(21)3/h6-13,17H,1-5H3,(H,26,32). The third kappa shape index (κ3) is 4.82. The second-order valence-corrected chi connectivity index (χ2v) is 9.65. The smallest absolute Gasteiger partial charge is 0.237 e. The van der Waals surface area contributed by atoms with Gasteiger partial charge in [-0.3, -0.25) is 14.0 Å². The molecule has 4 rings (SSSR count). The molecule has 0 fully saturated rings. The van der Waals surface area contributed by atoms with Gasteiger partial charge in [-0.2, -0.15) is 5.10 Å². The van der Waals surface area contributed by atoms with Crippen LogP contribution >= 0.6 is 23.4 Å². The Bertz CT molecular complexity index is 1290. The van der Waals surface area contributed by atoms with Gasteiger partial charge < -0.3 is 5.32 Å². The van der Waals surface area contributed by atoms with E-state index in [9.17, 15) is 4.79 Å². The van der Waals surface area contributed by atoms with Gasteiger partial charge >= 0.3 is 0 Å². The zero-order valence-corrected chi connectivity index (χ0v) is 20.7. The van der Waals surface area contributed by atoms with Crippen LogP contribution in [0.3, 0.4) is 0 Å². The summed E-state index contributed by atoms with van der Waals surface area (Å²) in [6.45, 7) is 7.71. The number of carbonyl (C=O) groups excluding carboxylic acids is 1. The average Bonchev–Trinajstić information content (AvgIpc) is 3.30. The quantitative estimate of drug-likeness (QED) is 0.375. The first kappa shape index (κ1) is 23.1. The summed E-state index contributed by atoms with van der Waals surface area (Å²) in [4.78, 5) is 13.0. The lowest BCUT2D eigenvalue weighted by atomic mass is 10.1. The minimum absolute atomic E-state index is 0.123. The van der Waals surface area contributed by atoms with Crippen molar-refractivity contribution in [2.24, 2.45) is 7.05 Å². The van der Waals surface area contributed by atoms with Crippen LogP contribution in [0.15, 0.2) is 53.7 Å². The highest BCUT2D eigenvalue weighted by Gasteiger charge is 2.23. The molecule has 7 nitrogen and oxygen atoms in total. The van der Waals surface area contributed by atoms with E-state index in [1.807, 2.05) is 87.8 Å². The second kappa shape index (κ2) is 9.41. The number of anilines is 1. The topological polar surface area (TPSA) is 77.6 Å². The number of thioether (sulfide) groups is 1. The Balaban J connectivity index is 1.66. The Morgan fingerprint density at radius 3 is 2.30 bits per heavy atom. The fourth-order valence-electron chi connectivity index (χ4n) is 3.45. The van der Waals surface area contributed by atoms with Crippen LogP contribution in [0, 0.1) is 20.8 Å². The Kier molecular flexibility index (Phi) is 6.58. The molecule has 2 heterocycles. The van der Waals surface area contributed by atoms with E-state index in [1.54, 1.807) is 4.68 Å². The van der Waals surface area contributed by atoms with Crippen LogP contribution in [0.25, 0.3) is 17.1 Å². The Morgan fingerprint density at radius 1 is 1.03 bits per heavy atom. The van der Waals surface area contributed by atoms with Gasteiger partial charge in [0.2, 0.25) is 5.91 Å². The number of nitrogens with zero attached hydrogens (tertiary/aromatic N) is 5. The third-order valence-electron chi connectivity index (χ3n) is 5.44. The molecular formula is C24H25ClN6OS. The van der Waals surface area contributed by atoms with Gasteiger partial charge in [-0.15, -0.1) is 10.2 Å². The lowest BCUT2D eigenvalue weighted by molar-refractivity contribution is -0.115. The fourth-order valence-corrected chi connectivity index (χ4v) is 4.44. The highest BCUT2D eigenvalue weighted by Crippen LogP contribution is 2.31. The minimum atomic E-state index is -0.412. The molecule has 1 amide bonds. The SMILES string of the molecule is Cc1ccc(-c2nnc(SC(C)C(=O)Nc3c(C)nn(C)c3C)n2-c2ccc(Cl)cc2)cc1. The average molecular weight is 481 g/mol. The van der Waals surface area contributed by atoms with E-state index >= 15 is 0 Å². The fraction of sp³-hybridized carbons (Fsp3) is 0.250. The van der Waals surface area contributed by atoms with Gasteiger partial charge in [0.25, 0.3) is 0 Å². The summed E-state index contributed by atoms with van der Waals surface area (Å²) >= 11 is 7.46. The molecule has 4 aromatic rings. The van der Waals surface area contributed by atoms with Crippen molar-refractivity contribution in [1.82, 2.24) is 24.5 Å². The van der Waals surface area contributed by atoms with Crippen molar-refractivity contribution in [3.63, 3.8) is 0 Å². The first-order chi connectivity index (χ1) is 15.7. The molecule has 0 aliphatic rings. The van der Waals surface area contributed by atoms with Crippen molar-refractivity contribution in [2.45, 2.75) is 38.1 Å². The number of aromatic nitrogens is 5. The monoisotopic (exact) mass is 480 g/mol. The summed E-state index contributed by atoms with van der Waals surface area (Å²) in [6, 6.07) is 15.6. The molecule has 0 radical (unpaired) electrons. The zero-order valence-electron chi connectivity index (χ0n) is 19.1. The van der Waals surface area contributed by atoms with Gasteiger partial charge in [0, 0.05) is 23.3 Å². The number of hydrogen-bond donors (Lipinski definition) is 1. The molecule has 0 saturated carbocycles. The predicted molar refractivity (Wildman–Crippen MR) is 133 cm³/mol. The van der Waals surface area contributed by atoms with Gasteiger partial charge in [0.05, 0.1) is 22.3 Å². The molecule has 170 valence electrons. The van der Waals surface area contributed by atoms with Gasteiger partial charge in [0.15, 0.2) is 11.0 Å². The van der Waals surface area contributed by atoms with Crippen molar-refractivity contribution < 1.29 is 4.79 Å². The molecule has 2 aromatic heterocycles. The van der Waals surface area contributed by atoms with E-state index in [-0.39, 0.29) is 5.91 Å². The van der Waals surface area contributed by atoms with E-state index in [1.165, 1.54) is 11.8 Å². The molecule has 2 aromatic carbocycles. The van der Waals surface area contributed by atoms with E-state index in [2.05, 4.69) is 20.6 Å². The highest BCUT2D eigenvalue weighted by atomic mass is 35.5. The number of nitrogens with one attached hydrogen (secondary N) is 1. The second-order valence-electron chi connectivity index (χ2n) is 7.90. The van der Waals surface area contributed by atoms with Crippen LogP contribution in [0.4, 0.5) is 5.69 Å². The Morgan fingerprint density at radius 2 is 1.70 bits per heavy atom. The van der Waals surface area contributed by atoms with Crippen LogP contribution in [-0.4, -0.2) is 35.7 Å². The number of carbonyl (C=O) groups is 1. The van der Waals surface area contributed by atoms with Crippen molar-refractivity contribution >= 4 is 35.0 Å². The normalized spacial score (nSPS) is 12.1. The zero-order chi connectivity index (χ0) is 23.7. The van der Waals surface area contributed by atoms with Crippen LogP contribution < -0.4 is 5.32 Å². The number of aryl methyl sites for hydroxylation is 3. The number of amides is 1. The van der Waals surface area contributed by atoms with Crippen molar-refractivity contribution in [3.05, 3.63) is 70.5 Å². The van der Waals surface area contributed by atoms with E-state index < -0.39 is 5.25 Å².